The third-order valence-electron chi connectivity index (χ3n) is 7.45. The fourth-order valence-electron chi connectivity index (χ4n) is 5.53. The Morgan fingerprint density at radius 1 is 0.964 bits per heavy atom. The second kappa shape index (κ2) is 9.71. The van der Waals surface area contributed by atoms with Gasteiger partial charge in [-0.05, 0) is 88.5 Å². The van der Waals surface area contributed by atoms with Gasteiger partial charge in [0.2, 0.25) is 0 Å². The lowest BCUT2D eigenvalue weighted by Gasteiger charge is -2.47. The summed E-state index contributed by atoms with van der Waals surface area (Å²) in [5, 5.41) is 10.2. The lowest BCUT2D eigenvalue weighted by atomic mass is 9.73. The van der Waals surface area contributed by atoms with Crippen molar-refractivity contribution in [1.29, 1.82) is 0 Å². The number of nitrogens with zero attached hydrogens (tertiary/aromatic N) is 2. The van der Waals surface area contributed by atoms with Crippen LogP contribution in [0.1, 0.15) is 56.9 Å². The van der Waals surface area contributed by atoms with E-state index in [2.05, 4.69) is 40.1 Å². The van der Waals surface area contributed by atoms with Gasteiger partial charge in [0.05, 0.1) is 6.10 Å². The number of benzene rings is 1. The summed E-state index contributed by atoms with van der Waals surface area (Å²) in [6.45, 7) is 7.04. The molecule has 0 amide bonds. The van der Waals surface area contributed by atoms with Gasteiger partial charge in [0.25, 0.3) is 0 Å². The monoisotopic (exact) mass is 386 g/mol. The summed E-state index contributed by atoms with van der Waals surface area (Å²) in [4.78, 5) is 5.32. The maximum atomic E-state index is 10.2. The number of rotatable bonds is 6. The molecule has 1 atom stereocenters. The predicted molar refractivity (Wildman–Crippen MR) is 113 cm³/mol. The molecule has 1 aromatic rings. The van der Waals surface area contributed by atoms with Crippen LogP contribution in [-0.2, 0) is 11.3 Å². The van der Waals surface area contributed by atoms with Gasteiger partial charge in [0.1, 0.15) is 0 Å². The highest BCUT2D eigenvalue weighted by molar-refractivity contribution is 5.14. The van der Waals surface area contributed by atoms with Crippen LogP contribution >= 0.6 is 0 Å². The molecule has 3 heterocycles. The normalized spacial score (nSPS) is 27.7. The van der Waals surface area contributed by atoms with Gasteiger partial charge in [-0.3, -0.25) is 4.90 Å². The second-order valence-corrected chi connectivity index (χ2v) is 9.38. The minimum absolute atomic E-state index is 0.104. The number of hydrogen-bond acceptors (Lipinski definition) is 4. The Kier molecular flexibility index (Phi) is 7.05. The van der Waals surface area contributed by atoms with Crippen molar-refractivity contribution >= 4 is 0 Å². The molecule has 0 saturated carbocycles. The van der Waals surface area contributed by atoms with Crippen molar-refractivity contribution in [3.05, 3.63) is 35.9 Å². The Labute approximate surface area is 170 Å². The van der Waals surface area contributed by atoms with Gasteiger partial charge >= 0.3 is 0 Å². The van der Waals surface area contributed by atoms with Crippen LogP contribution in [0.15, 0.2) is 30.3 Å². The molecule has 0 aromatic heterocycles. The molecule has 0 bridgehead atoms. The smallest absolute Gasteiger partial charge is 0.0581 e. The summed E-state index contributed by atoms with van der Waals surface area (Å²) in [5.74, 6) is 0. The van der Waals surface area contributed by atoms with Crippen molar-refractivity contribution in [3.8, 4) is 0 Å². The van der Waals surface area contributed by atoms with Crippen LogP contribution < -0.4 is 0 Å². The SMILES string of the molecule is OCC1(CC2CCCCO2)CCN(C2CCN(Cc3ccccc3)CC2)CC1. The average molecular weight is 387 g/mol. The molecule has 28 heavy (non-hydrogen) atoms. The lowest BCUT2D eigenvalue weighted by molar-refractivity contribution is -0.0546. The van der Waals surface area contributed by atoms with Gasteiger partial charge in [-0.25, -0.2) is 0 Å². The molecule has 3 fully saturated rings. The summed E-state index contributed by atoms with van der Waals surface area (Å²) >= 11 is 0. The van der Waals surface area contributed by atoms with Crippen LogP contribution in [0.2, 0.25) is 0 Å². The van der Waals surface area contributed by atoms with E-state index >= 15 is 0 Å². The topological polar surface area (TPSA) is 35.9 Å². The van der Waals surface area contributed by atoms with E-state index in [4.69, 9.17) is 4.74 Å². The van der Waals surface area contributed by atoms with E-state index in [1.807, 2.05) is 0 Å². The highest BCUT2D eigenvalue weighted by Crippen LogP contribution is 2.39. The van der Waals surface area contributed by atoms with E-state index < -0.39 is 0 Å². The lowest BCUT2D eigenvalue weighted by Crippen LogP contribution is -2.51. The molecule has 0 spiro atoms. The number of ether oxygens (including phenoxy) is 1. The number of likely N-dealkylation sites (tertiary alicyclic amines) is 2. The summed E-state index contributed by atoms with van der Waals surface area (Å²) in [7, 11) is 0. The van der Waals surface area contributed by atoms with Gasteiger partial charge in [-0.1, -0.05) is 30.3 Å². The first-order chi connectivity index (χ1) is 13.8. The van der Waals surface area contributed by atoms with Crippen LogP contribution in [0, 0.1) is 5.41 Å². The fourth-order valence-corrected chi connectivity index (χ4v) is 5.53. The minimum atomic E-state index is 0.104. The molecule has 1 aromatic carbocycles. The van der Waals surface area contributed by atoms with Crippen LogP contribution in [0.5, 0.6) is 0 Å². The third kappa shape index (κ3) is 5.15. The first-order valence-corrected chi connectivity index (χ1v) is 11.5. The summed E-state index contributed by atoms with van der Waals surface area (Å²) in [6, 6.07) is 11.6. The molecule has 3 saturated heterocycles. The molecule has 156 valence electrons. The Morgan fingerprint density at radius 2 is 1.71 bits per heavy atom. The zero-order chi connectivity index (χ0) is 19.2. The van der Waals surface area contributed by atoms with Crippen LogP contribution in [0.4, 0.5) is 0 Å². The molecule has 4 rings (SSSR count). The van der Waals surface area contributed by atoms with Gasteiger partial charge in [-0.15, -0.1) is 0 Å². The molecule has 3 aliphatic heterocycles. The summed E-state index contributed by atoms with van der Waals surface area (Å²) < 4.78 is 5.98. The first-order valence-electron chi connectivity index (χ1n) is 11.5. The van der Waals surface area contributed by atoms with E-state index in [0.717, 1.165) is 51.5 Å². The summed E-state index contributed by atoms with van der Waals surface area (Å²) in [5.41, 5.74) is 1.53. The maximum Gasteiger partial charge on any atom is 0.0581 e. The first kappa shape index (κ1) is 20.3. The minimum Gasteiger partial charge on any atom is -0.396 e. The van der Waals surface area contributed by atoms with E-state index in [0.29, 0.717) is 12.7 Å². The molecule has 0 radical (unpaired) electrons. The van der Waals surface area contributed by atoms with Crippen LogP contribution in [0.25, 0.3) is 0 Å². The molecule has 4 heteroatoms. The number of aliphatic hydroxyl groups is 1. The number of aliphatic hydroxyl groups excluding tert-OH is 1. The van der Waals surface area contributed by atoms with E-state index in [-0.39, 0.29) is 5.41 Å². The van der Waals surface area contributed by atoms with Gasteiger partial charge in [0, 0.05) is 25.8 Å². The Morgan fingerprint density at radius 3 is 2.36 bits per heavy atom. The van der Waals surface area contributed by atoms with E-state index in [9.17, 15) is 5.11 Å². The molecular formula is C24H38N2O2. The van der Waals surface area contributed by atoms with Crippen molar-refractivity contribution in [2.24, 2.45) is 5.41 Å². The fraction of sp³-hybridized carbons (Fsp3) is 0.750. The molecule has 1 unspecified atom stereocenters. The van der Waals surface area contributed by atoms with Crippen LogP contribution in [0.3, 0.4) is 0 Å². The molecular weight excluding hydrogens is 348 g/mol. The van der Waals surface area contributed by atoms with Crippen molar-refractivity contribution in [2.45, 2.75) is 70.1 Å². The van der Waals surface area contributed by atoms with Crippen molar-refractivity contribution in [2.75, 3.05) is 39.4 Å². The molecule has 1 N–H and O–H groups in total. The molecule has 4 nitrogen and oxygen atoms in total. The standard InChI is InChI=1S/C24H38N2O2/c27-20-24(18-23-8-4-5-17-28-23)11-15-26(16-12-24)22-9-13-25(14-10-22)19-21-6-2-1-3-7-21/h1-3,6-7,22-23,27H,4-5,8-20H2. The molecule has 0 aliphatic carbocycles. The van der Waals surface area contributed by atoms with E-state index in [1.165, 1.54) is 50.8 Å². The van der Waals surface area contributed by atoms with Crippen LogP contribution in [-0.4, -0.2) is 66.4 Å². The maximum absolute atomic E-state index is 10.2. The number of hydrogen-bond donors (Lipinski definition) is 1. The average Bonchev–Trinajstić information content (AvgIpc) is 2.76. The second-order valence-electron chi connectivity index (χ2n) is 9.38. The van der Waals surface area contributed by atoms with E-state index in [1.54, 1.807) is 0 Å². The molecule has 3 aliphatic rings. The Bertz CT molecular complexity index is 572. The number of piperidine rings is 2. The van der Waals surface area contributed by atoms with Crippen molar-refractivity contribution < 1.29 is 9.84 Å². The quantitative estimate of drug-likeness (QED) is 0.809. The highest BCUT2D eigenvalue weighted by atomic mass is 16.5. The van der Waals surface area contributed by atoms with Crippen molar-refractivity contribution in [1.82, 2.24) is 9.80 Å². The summed E-state index contributed by atoms with van der Waals surface area (Å²) in [6.07, 6.45) is 9.96. The highest BCUT2D eigenvalue weighted by Gasteiger charge is 2.38. The van der Waals surface area contributed by atoms with Gasteiger partial charge in [-0.2, -0.15) is 0 Å². The van der Waals surface area contributed by atoms with Gasteiger partial charge in [0.15, 0.2) is 0 Å². The Balaban J connectivity index is 1.22. The third-order valence-corrected chi connectivity index (χ3v) is 7.45. The zero-order valence-electron chi connectivity index (χ0n) is 17.4. The van der Waals surface area contributed by atoms with Crippen molar-refractivity contribution in [3.63, 3.8) is 0 Å². The Hall–Kier alpha value is -0.940. The predicted octanol–water partition coefficient (Wildman–Crippen LogP) is 3.68. The zero-order valence-corrected chi connectivity index (χ0v) is 17.4. The largest absolute Gasteiger partial charge is 0.396 e. The van der Waals surface area contributed by atoms with Gasteiger partial charge < -0.3 is 14.7 Å².